The zero-order valence-corrected chi connectivity index (χ0v) is 12.4. The van der Waals surface area contributed by atoms with Crippen LogP contribution in [0.25, 0.3) is 0 Å². The van der Waals surface area contributed by atoms with Crippen LogP contribution in [-0.2, 0) is 11.3 Å². The van der Waals surface area contributed by atoms with E-state index in [-0.39, 0.29) is 17.5 Å². The van der Waals surface area contributed by atoms with E-state index < -0.39 is 0 Å². The van der Waals surface area contributed by atoms with E-state index in [0.29, 0.717) is 13.1 Å². The molecule has 20 heavy (non-hydrogen) atoms. The van der Waals surface area contributed by atoms with Crippen molar-refractivity contribution in [3.8, 4) is 0 Å². The molecule has 1 fully saturated rings. The Morgan fingerprint density at radius 3 is 2.85 bits per heavy atom. The van der Waals surface area contributed by atoms with E-state index in [1.807, 2.05) is 19.2 Å². The Hall–Kier alpha value is -0.970. The Morgan fingerprint density at radius 2 is 2.20 bits per heavy atom. The fraction of sp³-hybridized carbons (Fsp3) is 0.625. The zero-order chi connectivity index (χ0) is 14.6. The Morgan fingerprint density at radius 1 is 1.45 bits per heavy atom. The van der Waals surface area contributed by atoms with Crippen molar-refractivity contribution in [3.63, 3.8) is 0 Å². The molecule has 0 amide bonds. The highest BCUT2D eigenvalue weighted by molar-refractivity contribution is 5.17. The molecule has 2 rings (SSSR count). The minimum absolute atomic E-state index is 0.0821. The molecule has 0 aliphatic heterocycles. The lowest BCUT2D eigenvalue weighted by molar-refractivity contribution is -0.0151. The second-order valence-corrected chi connectivity index (χ2v) is 5.83. The molecule has 3 nitrogen and oxygen atoms in total. The van der Waals surface area contributed by atoms with Gasteiger partial charge in [0.25, 0.3) is 0 Å². The highest BCUT2D eigenvalue weighted by Gasteiger charge is 2.38. The van der Waals surface area contributed by atoms with E-state index in [0.717, 1.165) is 31.2 Å². The molecule has 0 spiro atoms. The van der Waals surface area contributed by atoms with Crippen LogP contribution in [0.5, 0.6) is 0 Å². The number of rotatable bonds is 5. The van der Waals surface area contributed by atoms with E-state index in [1.165, 1.54) is 6.07 Å². The molecule has 1 aliphatic carbocycles. The molecular weight excluding hydrogens is 255 g/mol. The Balaban J connectivity index is 2.12. The van der Waals surface area contributed by atoms with Crippen molar-refractivity contribution in [2.24, 2.45) is 5.73 Å². The third-order valence-electron chi connectivity index (χ3n) is 4.66. The fourth-order valence-corrected chi connectivity index (χ4v) is 3.23. The highest BCUT2D eigenvalue weighted by atomic mass is 19.1. The smallest absolute Gasteiger partial charge is 0.127 e. The minimum Gasteiger partial charge on any atom is -0.381 e. The summed E-state index contributed by atoms with van der Waals surface area (Å²) >= 11 is 0. The number of likely N-dealkylation sites (N-methyl/N-ethyl adjacent to an activating group) is 1. The maximum Gasteiger partial charge on any atom is 0.127 e. The predicted molar refractivity (Wildman–Crippen MR) is 78.9 cm³/mol. The van der Waals surface area contributed by atoms with Crippen LogP contribution in [0.2, 0.25) is 0 Å². The Labute approximate surface area is 120 Å². The first kappa shape index (κ1) is 15.4. The zero-order valence-electron chi connectivity index (χ0n) is 12.4. The van der Waals surface area contributed by atoms with Crippen LogP contribution in [0.15, 0.2) is 24.3 Å². The average Bonchev–Trinajstić information content (AvgIpc) is 2.49. The largest absolute Gasteiger partial charge is 0.381 e. The van der Waals surface area contributed by atoms with Gasteiger partial charge in [0.2, 0.25) is 0 Å². The number of halogens is 1. The molecule has 4 heteroatoms. The van der Waals surface area contributed by atoms with Crippen molar-refractivity contribution in [1.82, 2.24) is 4.90 Å². The van der Waals surface area contributed by atoms with Crippen LogP contribution < -0.4 is 5.73 Å². The molecule has 1 saturated carbocycles. The first-order valence-electron chi connectivity index (χ1n) is 7.29. The molecule has 0 aromatic heterocycles. The molecule has 2 unspecified atom stereocenters. The van der Waals surface area contributed by atoms with E-state index in [9.17, 15) is 4.39 Å². The summed E-state index contributed by atoms with van der Waals surface area (Å²) in [4.78, 5) is 2.20. The molecule has 0 saturated heterocycles. The minimum atomic E-state index is -0.148. The van der Waals surface area contributed by atoms with Crippen molar-refractivity contribution in [1.29, 1.82) is 0 Å². The number of nitrogens with two attached hydrogens (primary N) is 1. The molecule has 1 aromatic rings. The van der Waals surface area contributed by atoms with Gasteiger partial charge < -0.3 is 10.5 Å². The summed E-state index contributed by atoms with van der Waals surface area (Å²) in [6.07, 6.45) is 4.43. The summed E-state index contributed by atoms with van der Waals surface area (Å²) < 4.78 is 19.3. The predicted octanol–water partition coefficient (Wildman–Crippen LogP) is 2.54. The lowest BCUT2D eigenvalue weighted by atomic mass is 9.78. The maximum absolute atomic E-state index is 13.8. The van der Waals surface area contributed by atoms with E-state index in [2.05, 4.69) is 4.90 Å². The number of ether oxygens (including phenoxy) is 1. The SMILES string of the molecule is COC1CCCC(CN)(N(C)Cc2ccccc2F)C1. The van der Waals surface area contributed by atoms with Gasteiger partial charge in [0.05, 0.1) is 6.10 Å². The second-order valence-electron chi connectivity index (χ2n) is 5.83. The van der Waals surface area contributed by atoms with Gasteiger partial charge in [0.15, 0.2) is 0 Å². The Bertz CT molecular complexity index is 440. The normalized spacial score (nSPS) is 26.9. The van der Waals surface area contributed by atoms with Crippen molar-refractivity contribution >= 4 is 0 Å². The molecule has 1 aliphatic rings. The summed E-state index contributed by atoms with van der Waals surface area (Å²) in [5.41, 5.74) is 6.70. The number of methoxy groups -OCH3 is 1. The topological polar surface area (TPSA) is 38.5 Å². The van der Waals surface area contributed by atoms with E-state index in [1.54, 1.807) is 13.2 Å². The first-order chi connectivity index (χ1) is 9.61. The monoisotopic (exact) mass is 280 g/mol. The summed E-state index contributed by atoms with van der Waals surface area (Å²) in [5, 5.41) is 0. The second kappa shape index (κ2) is 6.66. The molecule has 0 heterocycles. The molecular formula is C16H25FN2O. The van der Waals surface area contributed by atoms with Crippen LogP contribution in [0.4, 0.5) is 4.39 Å². The van der Waals surface area contributed by atoms with Crippen molar-refractivity contribution in [3.05, 3.63) is 35.6 Å². The van der Waals surface area contributed by atoms with Crippen LogP contribution in [0.3, 0.4) is 0 Å². The molecule has 0 bridgehead atoms. The number of benzene rings is 1. The van der Waals surface area contributed by atoms with E-state index >= 15 is 0 Å². The lowest BCUT2D eigenvalue weighted by Crippen LogP contribution is -2.55. The number of hydrogen-bond donors (Lipinski definition) is 1. The third kappa shape index (κ3) is 3.19. The van der Waals surface area contributed by atoms with Crippen molar-refractivity contribution < 1.29 is 9.13 Å². The summed E-state index contributed by atoms with van der Waals surface area (Å²) in [6.45, 7) is 1.16. The average molecular weight is 280 g/mol. The highest BCUT2D eigenvalue weighted by Crippen LogP contribution is 2.34. The molecule has 0 radical (unpaired) electrons. The molecule has 1 aromatic carbocycles. The summed E-state index contributed by atoms with van der Waals surface area (Å²) in [6, 6.07) is 6.95. The van der Waals surface area contributed by atoms with Crippen molar-refractivity contribution in [2.75, 3.05) is 20.7 Å². The van der Waals surface area contributed by atoms with Crippen LogP contribution >= 0.6 is 0 Å². The van der Waals surface area contributed by atoms with Crippen LogP contribution in [-0.4, -0.2) is 37.2 Å². The quantitative estimate of drug-likeness (QED) is 0.901. The van der Waals surface area contributed by atoms with Gasteiger partial charge in [-0.15, -0.1) is 0 Å². The van der Waals surface area contributed by atoms with Crippen LogP contribution in [0.1, 0.15) is 31.2 Å². The van der Waals surface area contributed by atoms with Gasteiger partial charge in [-0.1, -0.05) is 18.2 Å². The van der Waals surface area contributed by atoms with Gasteiger partial charge in [0, 0.05) is 31.3 Å². The van der Waals surface area contributed by atoms with Gasteiger partial charge in [-0.25, -0.2) is 4.39 Å². The van der Waals surface area contributed by atoms with E-state index in [4.69, 9.17) is 10.5 Å². The van der Waals surface area contributed by atoms with Crippen LogP contribution in [0, 0.1) is 5.82 Å². The molecule has 2 atom stereocenters. The number of hydrogen-bond acceptors (Lipinski definition) is 3. The van der Waals surface area contributed by atoms with Gasteiger partial charge >= 0.3 is 0 Å². The number of nitrogens with zero attached hydrogens (tertiary/aromatic N) is 1. The van der Waals surface area contributed by atoms with Crippen molar-refractivity contribution in [2.45, 2.75) is 43.9 Å². The third-order valence-corrected chi connectivity index (χ3v) is 4.66. The Kier molecular flexibility index (Phi) is 5.13. The lowest BCUT2D eigenvalue weighted by Gasteiger charge is -2.46. The summed E-state index contributed by atoms with van der Waals surface area (Å²) in [5.74, 6) is -0.148. The van der Waals surface area contributed by atoms with Gasteiger partial charge in [-0.3, -0.25) is 4.90 Å². The maximum atomic E-state index is 13.8. The molecule has 112 valence electrons. The molecule has 2 N–H and O–H groups in total. The standard InChI is InChI=1S/C16H25FN2O/c1-19(11-13-6-3-4-8-15(13)17)16(12-18)9-5-7-14(10-16)20-2/h3-4,6,8,14H,5,7,9-12,18H2,1-2H3. The van der Waals surface area contributed by atoms with Gasteiger partial charge in [-0.2, -0.15) is 0 Å². The first-order valence-corrected chi connectivity index (χ1v) is 7.29. The van der Waals surface area contributed by atoms with Gasteiger partial charge in [-0.05, 0) is 38.8 Å². The fourth-order valence-electron chi connectivity index (χ4n) is 3.23. The summed E-state index contributed by atoms with van der Waals surface area (Å²) in [7, 11) is 3.80. The van der Waals surface area contributed by atoms with Gasteiger partial charge in [0.1, 0.15) is 5.82 Å².